The maximum Gasteiger partial charge on any atom is 0.262 e. The Morgan fingerprint density at radius 3 is 2.29 bits per heavy atom. The minimum atomic E-state index is -0.836. The first-order chi connectivity index (χ1) is 11.7. The van der Waals surface area contributed by atoms with E-state index in [1.54, 1.807) is 24.3 Å². The van der Waals surface area contributed by atoms with Gasteiger partial charge in [0.1, 0.15) is 6.04 Å². The van der Waals surface area contributed by atoms with Crippen LogP contribution < -0.4 is 0 Å². The van der Waals surface area contributed by atoms with E-state index in [-0.39, 0.29) is 0 Å². The van der Waals surface area contributed by atoms with Gasteiger partial charge in [-0.2, -0.15) is 5.26 Å². The number of nitriles is 1. The van der Waals surface area contributed by atoms with Crippen LogP contribution in [0, 0.1) is 11.3 Å². The van der Waals surface area contributed by atoms with Gasteiger partial charge in [0, 0.05) is 23.5 Å². The topological polar surface area (TPSA) is 77.0 Å². The van der Waals surface area contributed by atoms with Crippen LogP contribution in [0.2, 0.25) is 0 Å². The van der Waals surface area contributed by atoms with Crippen molar-refractivity contribution in [3.05, 3.63) is 71.4 Å². The average molecular weight is 315 g/mol. The van der Waals surface area contributed by atoms with E-state index >= 15 is 0 Å². The summed E-state index contributed by atoms with van der Waals surface area (Å²) < 4.78 is 0. The number of aromatic amines is 1. The maximum absolute atomic E-state index is 12.5. The van der Waals surface area contributed by atoms with Crippen molar-refractivity contribution in [1.29, 1.82) is 5.26 Å². The molecule has 2 aromatic carbocycles. The Morgan fingerprint density at radius 1 is 1.00 bits per heavy atom. The third-order valence-corrected chi connectivity index (χ3v) is 4.37. The summed E-state index contributed by atoms with van der Waals surface area (Å²) in [6, 6.07) is 15.7. The van der Waals surface area contributed by atoms with Crippen LogP contribution in [0.4, 0.5) is 0 Å². The lowest BCUT2D eigenvalue weighted by Crippen LogP contribution is -2.40. The molecule has 0 fully saturated rings. The summed E-state index contributed by atoms with van der Waals surface area (Å²) in [4.78, 5) is 29.3. The van der Waals surface area contributed by atoms with Gasteiger partial charge in [-0.05, 0) is 23.8 Å². The normalized spacial score (nSPS) is 14.7. The molecule has 1 N–H and O–H groups in total. The number of carbonyl (C=O) groups is 2. The summed E-state index contributed by atoms with van der Waals surface area (Å²) in [5, 5.41) is 10.6. The van der Waals surface area contributed by atoms with Gasteiger partial charge in [-0.25, -0.2) is 0 Å². The lowest BCUT2D eigenvalue weighted by Gasteiger charge is -2.19. The smallest absolute Gasteiger partial charge is 0.262 e. The van der Waals surface area contributed by atoms with Crippen molar-refractivity contribution >= 4 is 22.7 Å². The van der Waals surface area contributed by atoms with Crippen LogP contribution in [0.15, 0.2) is 54.7 Å². The van der Waals surface area contributed by atoms with Crippen LogP contribution in [0.25, 0.3) is 10.9 Å². The zero-order valence-corrected chi connectivity index (χ0v) is 12.7. The van der Waals surface area contributed by atoms with Crippen molar-refractivity contribution in [3.63, 3.8) is 0 Å². The highest BCUT2D eigenvalue weighted by Gasteiger charge is 2.40. The van der Waals surface area contributed by atoms with Gasteiger partial charge < -0.3 is 4.98 Å². The molecule has 1 aliphatic rings. The molecular formula is C19H13N3O2. The summed E-state index contributed by atoms with van der Waals surface area (Å²) in [5.41, 5.74) is 2.60. The molecule has 1 unspecified atom stereocenters. The molecule has 0 bridgehead atoms. The van der Waals surface area contributed by atoms with Gasteiger partial charge in [0.05, 0.1) is 17.2 Å². The van der Waals surface area contributed by atoms with Gasteiger partial charge in [0.2, 0.25) is 0 Å². The van der Waals surface area contributed by atoms with Gasteiger partial charge in [-0.3, -0.25) is 14.5 Å². The largest absolute Gasteiger partial charge is 0.361 e. The Bertz CT molecular complexity index is 978. The Balaban J connectivity index is 1.69. The van der Waals surface area contributed by atoms with Crippen LogP contribution in [-0.2, 0) is 6.42 Å². The molecule has 0 radical (unpaired) electrons. The third-order valence-electron chi connectivity index (χ3n) is 4.37. The number of para-hydroxylation sites is 1. The Labute approximate surface area is 138 Å². The van der Waals surface area contributed by atoms with Crippen molar-refractivity contribution in [1.82, 2.24) is 9.88 Å². The molecule has 2 heterocycles. The van der Waals surface area contributed by atoms with Crippen LogP contribution >= 0.6 is 0 Å². The minimum Gasteiger partial charge on any atom is -0.361 e. The van der Waals surface area contributed by atoms with Crippen LogP contribution in [-0.4, -0.2) is 27.7 Å². The first-order valence-electron chi connectivity index (χ1n) is 7.62. The number of imide groups is 1. The number of hydrogen-bond donors (Lipinski definition) is 1. The highest BCUT2D eigenvalue weighted by molar-refractivity contribution is 6.21. The summed E-state index contributed by atoms with van der Waals surface area (Å²) in [7, 11) is 0. The van der Waals surface area contributed by atoms with Crippen LogP contribution in [0.1, 0.15) is 26.3 Å². The highest BCUT2D eigenvalue weighted by atomic mass is 16.2. The average Bonchev–Trinajstić information content (AvgIpc) is 3.14. The molecule has 0 aliphatic carbocycles. The zero-order valence-electron chi connectivity index (χ0n) is 12.7. The van der Waals surface area contributed by atoms with Gasteiger partial charge in [0.15, 0.2) is 0 Å². The Hall–Kier alpha value is -3.39. The van der Waals surface area contributed by atoms with Crippen molar-refractivity contribution in [2.24, 2.45) is 0 Å². The summed E-state index contributed by atoms with van der Waals surface area (Å²) >= 11 is 0. The molecule has 1 atom stereocenters. The molecule has 2 amide bonds. The number of rotatable bonds is 3. The molecule has 0 saturated carbocycles. The molecule has 1 aliphatic heterocycles. The van der Waals surface area contributed by atoms with E-state index in [1.165, 1.54) is 0 Å². The second-order valence-electron chi connectivity index (χ2n) is 5.73. The van der Waals surface area contributed by atoms with Crippen LogP contribution in [0.5, 0.6) is 0 Å². The number of nitrogens with zero attached hydrogens (tertiary/aromatic N) is 2. The van der Waals surface area contributed by atoms with Crippen molar-refractivity contribution in [2.45, 2.75) is 12.5 Å². The van der Waals surface area contributed by atoms with Gasteiger partial charge in [-0.1, -0.05) is 30.3 Å². The second kappa shape index (κ2) is 5.36. The molecule has 24 heavy (non-hydrogen) atoms. The number of nitrogens with one attached hydrogen (secondary N) is 1. The fraction of sp³-hybridized carbons (Fsp3) is 0.105. The summed E-state index contributed by atoms with van der Waals surface area (Å²) in [5.74, 6) is -0.802. The molecule has 3 aromatic rings. The van der Waals surface area contributed by atoms with Gasteiger partial charge >= 0.3 is 0 Å². The number of hydrogen-bond acceptors (Lipinski definition) is 3. The molecular weight excluding hydrogens is 302 g/mol. The van der Waals surface area contributed by atoms with E-state index in [4.69, 9.17) is 0 Å². The second-order valence-corrected chi connectivity index (χ2v) is 5.73. The molecule has 0 spiro atoms. The fourth-order valence-corrected chi connectivity index (χ4v) is 3.19. The number of benzene rings is 2. The van der Waals surface area contributed by atoms with Crippen molar-refractivity contribution in [2.75, 3.05) is 0 Å². The SMILES string of the molecule is N#CC(Cc1c[nH]c2ccccc12)N1C(=O)c2ccccc2C1=O. The summed E-state index contributed by atoms with van der Waals surface area (Å²) in [6.45, 7) is 0. The van der Waals surface area contributed by atoms with Crippen molar-refractivity contribution in [3.8, 4) is 6.07 Å². The number of carbonyl (C=O) groups excluding carboxylic acids is 2. The van der Waals surface area contributed by atoms with Gasteiger partial charge in [-0.15, -0.1) is 0 Å². The molecule has 1 aromatic heterocycles. The highest BCUT2D eigenvalue weighted by Crippen LogP contribution is 2.27. The Morgan fingerprint density at radius 2 is 1.62 bits per heavy atom. The van der Waals surface area contributed by atoms with Crippen LogP contribution in [0.3, 0.4) is 0 Å². The minimum absolute atomic E-state index is 0.298. The molecule has 4 rings (SSSR count). The first kappa shape index (κ1) is 14.2. The van der Waals surface area contributed by atoms with E-state index in [9.17, 15) is 14.9 Å². The maximum atomic E-state index is 12.5. The third kappa shape index (κ3) is 2.01. The Kier molecular flexibility index (Phi) is 3.17. The van der Waals surface area contributed by atoms with E-state index < -0.39 is 17.9 Å². The van der Waals surface area contributed by atoms with E-state index in [0.717, 1.165) is 21.4 Å². The molecule has 5 nitrogen and oxygen atoms in total. The number of aromatic nitrogens is 1. The number of amides is 2. The van der Waals surface area contributed by atoms with E-state index in [0.29, 0.717) is 17.5 Å². The van der Waals surface area contributed by atoms with Crippen molar-refractivity contribution < 1.29 is 9.59 Å². The predicted octanol–water partition coefficient (Wildman–Crippen LogP) is 2.90. The molecule has 0 saturated heterocycles. The van der Waals surface area contributed by atoms with Gasteiger partial charge in [0.25, 0.3) is 11.8 Å². The molecule has 116 valence electrons. The van der Waals surface area contributed by atoms with E-state index in [1.807, 2.05) is 30.5 Å². The summed E-state index contributed by atoms with van der Waals surface area (Å²) in [6.07, 6.45) is 2.12. The monoisotopic (exact) mass is 315 g/mol. The quantitative estimate of drug-likeness (QED) is 0.755. The lowest BCUT2D eigenvalue weighted by molar-refractivity contribution is 0.0619. The zero-order chi connectivity index (χ0) is 16.7. The number of fused-ring (bicyclic) bond motifs is 2. The fourth-order valence-electron chi connectivity index (χ4n) is 3.19. The lowest BCUT2D eigenvalue weighted by atomic mass is 10.0. The first-order valence-corrected chi connectivity index (χ1v) is 7.62. The standard InChI is InChI=1S/C19H13N3O2/c20-10-13(9-12-11-21-17-8-4-3-5-14(12)17)22-18(23)15-6-1-2-7-16(15)19(22)24/h1-8,11,13,21H,9H2. The molecule has 5 heteroatoms. The predicted molar refractivity (Wildman–Crippen MR) is 88.3 cm³/mol. The van der Waals surface area contributed by atoms with E-state index in [2.05, 4.69) is 11.1 Å². The number of H-pyrrole nitrogens is 1.